The molecular weight excluding hydrogens is 486 g/mol. The van der Waals surface area contributed by atoms with Gasteiger partial charge in [0.05, 0.1) is 18.7 Å². The molecule has 0 aliphatic carbocycles. The van der Waals surface area contributed by atoms with Crippen molar-refractivity contribution < 1.29 is 32.6 Å². The van der Waals surface area contributed by atoms with Crippen molar-refractivity contribution in [1.29, 1.82) is 0 Å². The Morgan fingerprint density at radius 2 is 1.81 bits per heavy atom. The second-order valence-electron chi connectivity index (χ2n) is 9.62. The summed E-state index contributed by atoms with van der Waals surface area (Å²) in [7, 11) is -3.42. The number of nitrogens with one attached hydrogen (secondary N) is 1. The molecule has 10 nitrogen and oxygen atoms in total. The number of carboxylic acid groups (broad SMARTS) is 1. The van der Waals surface area contributed by atoms with E-state index in [1.807, 2.05) is 21.9 Å². The summed E-state index contributed by atoms with van der Waals surface area (Å²) in [6.45, 7) is 6.22. The van der Waals surface area contributed by atoms with Gasteiger partial charge in [-0.3, -0.25) is 14.5 Å². The molecule has 0 aromatic heterocycles. The standard InChI is InChI=1S/C25H39N3O7S/c1-4-6-12-27(13-7-5-2)23(29)16-28-15-19(18-8-9-21-22(14-18)35-17-34-21)24(25(30)31)20(28)10-11-26-36(3,32)33/h8-9,14,19-20,24,26H,4-7,10-13,15-17H2,1-3H3,(H,30,31). The van der Waals surface area contributed by atoms with Crippen LogP contribution in [0.1, 0.15) is 57.4 Å². The number of sulfonamides is 1. The zero-order chi connectivity index (χ0) is 26.3. The highest BCUT2D eigenvalue weighted by molar-refractivity contribution is 7.88. The largest absolute Gasteiger partial charge is 0.481 e. The summed E-state index contributed by atoms with van der Waals surface area (Å²) in [5.41, 5.74) is 0.802. The van der Waals surface area contributed by atoms with E-state index in [4.69, 9.17) is 9.47 Å². The van der Waals surface area contributed by atoms with Crippen molar-refractivity contribution >= 4 is 21.9 Å². The van der Waals surface area contributed by atoms with Gasteiger partial charge in [-0.05, 0) is 37.0 Å². The zero-order valence-electron chi connectivity index (χ0n) is 21.4. The summed E-state index contributed by atoms with van der Waals surface area (Å²) in [6.07, 6.45) is 5.14. The first-order chi connectivity index (χ1) is 17.1. The summed E-state index contributed by atoms with van der Waals surface area (Å²) in [5.74, 6) is -0.981. The quantitative estimate of drug-likeness (QED) is 0.379. The summed E-state index contributed by atoms with van der Waals surface area (Å²) in [6, 6.07) is 4.94. The van der Waals surface area contributed by atoms with Crippen LogP contribution in [0.5, 0.6) is 11.5 Å². The van der Waals surface area contributed by atoms with Crippen molar-refractivity contribution in [1.82, 2.24) is 14.5 Å². The maximum absolute atomic E-state index is 13.4. The van der Waals surface area contributed by atoms with E-state index >= 15 is 0 Å². The first-order valence-electron chi connectivity index (χ1n) is 12.7. The highest BCUT2D eigenvalue weighted by Crippen LogP contribution is 2.42. The van der Waals surface area contributed by atoms with Crippen LogP contribution in [0.4, 0.5) is 0 Å². The van der Waals surface area contributed by atoms with Crippen molar-refractivity contribution in [2.75, 3.05) is 45.8 Å². The van der Waals surface area contributed by atoms with Gasteiger partial charge in [-0.15, -0.1) is 0 Å². The number of carboxylic acids is 1. The van der Waals surface area contributed by atoms with E-state index < -0.39 is 28.0 Å². The fraction of sp³-hybridized carbons (Fsp3) is 0.680. The van der Waals surface area contributed by atoms with Crippen LogP contribution in [0, 0.1) is 5.92 Å². The minimum absolute atomic E-state index is 0.0200. The van der Waals surface area contributed by atoms with Gasteiger partial charge in [0.2, 0.25) is 22.7 Å². The monoisotopic (exact) mass is 525 g/mol. The lowest BCUT2D eigenvalue weighted by Crippen LogP contribution is -2.45. The van der Waals surface area contributed by atoms with Crippen LogP contribution in [0.2, 0.25) is 0 Å². The lowest BCUT2D eigenvalue weighted by atomic mass is 9.84. The number of carbonyl (C=O) groups is 2. The Kier molecular flexibility index (Phi) is 9.98. The predicted molar refractivity (Wildman–Crippen MR) is 136 cm³/mol. The van der Waals surface area contributed by atoms with Gasteiger partial charge in [-0.25, -0.2) is 13.1 Å². The summed E-state index contributed by atoms with van der Waals surface area (Å²) in [5, 5.41) is 10.2. The van der Waals surface area contributed by atoms with Gasteiger partial charge in [0.25, 0.3) is 0 Å². The maximum Gasteiger partial charge on any atom is 0.308 e. The number of unbranched alkanes of at least 4 members (excludes halogenated alkanes) is 2. The lowest BCUT2D eigenvalue weighted by Gasteiger charge is -2.29. The van der Waals surface area contributed by atoms with E-state index in [9.17, 15) is 23.1 Å². The molecule has 2 N–H and O–H groups in total. The lowest BCUT2D eigenvalue weighted by molar-refractivity contribution is -0.143. The molecule has 202 valence electrons. The Morgan fingerprint density at radius 3 is 2.42 bits per heavy atom. The van der Waals surface area contributed by atoms with Crippen molar-refractivity contribution in [3.05, 3.63) is 23.8 Å². The topological polar surface area (TPSA) is 125 Å². The molecule has 2 aliphatic rings. The second kappa shape index (κ2) is 12.7. The van der Waals surface area contributed by atoms with Crippen LogP contribution < -0.4 is 14.2 Å². The van der Waals surface area contributed by atoms with Gasteiger partial charge in [0.15, 0.2) is 11.5 Å². The summed E-state index contributed by atoms with van der Waals surface area (Å²) < 4.78 is 36.6. The van der Waals surface area contributed by atoms with Crippen molar-refractivity contribution in [2.45, 2.75) is 57.9 Å². The highest BCUT2D eigenvalue weighted by atomic mass is 32.2. The number of hydrogen-bond acceptors (Lipinski definition) is 7. The molecule has 2 heterocycles. The SMILES string of the molecule is CCCCN(CCCC)C(=O)CN1CC(c2ccc3c(c2)OCO3)C(C(=O)O)C1CCNS(C)(=O)=O. The van der Waals surface area contributed by atoms with Crippen molar-refractivity contribution in [3.63, 3.8) is 0 Å². The number of likely N-dealkylation sites (tertiary alicyclic amines) is 1. The molecule has 0 saturated carbocycles. The molecular formula is C25H39N3O7S. The Morgan fingerprint density at radius 1 is 1.14 bits per heavy atom. The normalized spacial score (nSPS) is 21.6. The molecule has 3 rings (SSSR count). The molecule has 36 heavy (non-hydrogen) atoms. The molecule has 1 saturated heterocycles. The van der Waals surface area contributed by atoms with Gasteiger partial charge in [-0.2, -0.15) is 0 Å². The van der Waals surface area contributed by atoms with E-state index in [0.29, 0.717) is 31.1 Å². The fourth-order valence-corrected chi connectivity index (χ4v) is 5.55. The predicted octanol–water partition coefficient (Wildman–Crippen LogP) is 2.25. The molecule has 0 radical (unpaired) electrons. The molecule has 11 heteroatoms. The molecule has 1 aromatic carbocycles. The number of ether oxygens (including phenoxy) is 2. The van der Waals surface area contributed by atoms with E-state index in [2.05, 4.69) is 18.6 Å². The van der Waals surface area contributed by atoms with Crippen LogP contribution in [0.15, 0.2) is 18.2 Å². The van der Waals surface area contributed by atoms with E-state index in [0.717, 1.165) is 37.5 Å². The number of rotatable bonds is 14. The van der Waals surface area contributed by atoms with Gasteiger partial charge in [0, 0.05) is 38.1 Å². The Balaban J connectivity index is 1.85. The van der Waals surface area contributed by atoms with E-state index in [1.54, 1.807) is 6.07 Å². The first kappa shape index (κ1) is 28.2. The van der Waals surface area contributed by atoms with Crippen molar-refractivity contribution in [2.24, 2.45) is 5.92 Å². The molecule has 0 spiro atoms. The average molecular weight is 526 g/mol. The Labute approximate surface area is 214 Å². The van der Waals surface area contributed by atoms with Crippen LogP contribution in [-0.4, -0.2) is 87.0 Å². The second-order valence-corrected chi connectivity index (χ2v) is 11.5. The molecule has 0 bridgehead atoms. The maximum atomic E-state index is 13.4. The summed E-state index contributed by atoms with van der Waals surface area (Å²) in [4.78, 5) is 29.7. The molecule has 1 aromatic rings. The zero-order valence-corrected chi connectivity index (χ0v) is 22.3. The van der Waals surface area contributed by atoms with E-state index in [-0.39, 0.29) is 38.1 Å². The number of nitrogens with zero attached hydrogens (tertiary/aromatic N) is 2. The average Bonchev–Trinajstić information content (AvgIpc) is 3.42. The minimum Gasteiger partial charge on any atom is -0.481 e. The van der Waals surface area contributed by atoms with Crippen LogP contribution in [0.25, 0.3) is 0 Å². The molecule has 3 unspecified atom stereocenters. The number of fused-ring (bicyclic) bond motifs is 1. The molecule has 2 aliphatic heterocycles. The van der Waals surface area contributed by atoms with Crippen LogP contribution in [-0.2, 0) is 19.6 Å². The minimum atomic E-state index is -3.42. The van der Waals surface area contributed by atoms with Gasteiger partial charge in [0.1, 0.15) is 0 Å². The van der Waals surface area contributed by atoms with Crippen molar-refractivity contribution in [3.8, 4) is 11.5 Å². The number of hydrogen-bond donors (Lipinski definition) is 2. The van der Waals surface area contributed by atoms with Gasteiger partial charge in [-0.1, -0.05) is 32.8 Å². The van der Waals surface area contributed by atoms with Gasteiger partial charge >= 0.3 is 5.97 Å². The first-order valence-corrected chi connectivity index (χ1v) is 14.6. The molecule has 1 fully saturated rings. The number of amides is 1. The van der Waals surface area contributed by atoms with Gasteiger partial charge < -0.3 is 19.5 Å². The molecule has 3 atom stereocenters. The van der Waals surface area contributed by atoms with Crippen LogP contribution >= 0.6 is 0 Å². The smallest absolute Gasteiger partial charge is 0.308 e. The number of benzene rings is 1. The highest BCUT2D eigenvalue weighted by Gasteiger charge is 2.47. The Hall–Kier alpha value is -2.37. The fourth-order valence-electron chi connectivity index (χ4n) is 5.06. The summed E-state index contributed by atoms with van der Waals surface area (Å²) >= 11 is 0. The molecule has 1 amide bonds. The van der Waals surface area contributed by atoms with E-state index in [1.165, 1.54) is 0 Å². The van der Waals surface area contributed by atoms with Crippen LogP contribution in [0.3, 0.4) is 0 Å². The Bertz CT molecular complexity index is 1010. The third-order valence-electron chi connectivity index (χ3n) is 6.92. The number of carbonyl (C=O) groups excluding carboxylic acids is 1. The number of aliphatic carboxylic acids is 1. The third-order valence-corrected chi connectivity index (χ3v) is 7.65. The third kappa shape index (κ3) is 7.33.